The third kappa shape index (κ3) is 5.66. The third-order valence-corrected chi connectivity index (χ3v) is 9.62. The Bertz CT molecular complexity index is 1580. The molecule has 1 saturated heterocycles. The van der Waals surface area contributed by atoms with Gasteiger partial charge < -0.3 is 9.64 Å². The number of carbonyl (C=O) groups excluding carboxylic acids is 1. The Morgan fingerprint density at radius 3 is 2.49 bits per heavy atom. The van der Waals surface area contributed by atoms with Gasteiger partial charge in [0.2, 0.25) is 5.88 Å². The lowest BCUT2D eigenvalue weighted by Crippen LogP contribution is -2.41. The first-order valence-corrected chi connectivity index (χ1v) is 15.1. The largest absolute Gasteiger partial charge is 0.476 e. The van der Waals surface area contributed by atoms with Crippen molar-refractivity contribution < 1.29 is 26.7 Å². The average molecular weight is 588 g/mol. The molecule has 5 rings (SSSR count). The number of nitrogens with one attached hydrogen (secondary N) is 1. The van der Waals surface area contributed by atoms with E-state index in [2.05, 4.69) is 16.7 Å². The zero-order chi connectivity index (χ0) is 29.8. The van der Waals surface area contributed by atoms with Crippen LogP contribution >= 0.6 is 0 Å². The minimum absolute atomic E-state index is 0.0208. The summed E-state index contributed by atoms with van der Waals surface area (Å²) in [6.07, 6.45) is 3.25. The number of carbonyl (C=O) groups is 1. The second-order valence-corrected chi connectivity index (χ2v) is 13.7. The van der Waals surface area contributed by atoms with E-state index in [4.69, 9.17) is 9.72 Å². The Hall–Kier alpha value is -3.54. The van der Waals surface area contributed by atoms with Crippen LogP contribution in [0.2, 0.25) is 0 Å². The van der Waals surface area contributed by atoms with E-state index in [-0.39, 0.29) is 28.5 Å². The fourth-order valence-electron chi connectivity index (χ4n) is 5.58. The van der Waals surface area contributed by atoms with Crippen molar-refractivity contribution in [1.29, 1.82) is 0 Å². The number of benzene rings is 1. The summed E-state index contributed by atoms with van der Waals surface area (Å²) in [7, 11) is -4.13. The van der Waals surface area contributed by atoms with E-state index in [9.17, 15) is 22.0 Å². The lowest BCUT2D eigenvalue weighted by atomic mass is 9.97. The Morgan fingerprint density at radius 2 is 1.88 bits per heavy atom. The number of rotatable bonds is 9. The fourth-order valence-corrected chi connectivity index (χ4v) is 6.80. The van der Waals surface area contributed by atoms with Gasteiger partial charge in [0.15, 0.2) is 5.82 Å². The number of aryl methyl sites for hydroxylation is 1. The molecule has 0 spiro atoms. The Morgan fingerprint density at radius 1 is 1.17 bits per heavy atom. The van der Waals surface area contributed by atoms with Crippen LogP contribution in [-0.4, -0.2) is 53.7 Å². The quantitative estimate of drug-likeness (QED) is 0.370. The molecule has 3 aromatic rings. The van der Waals surface area contributed by atoms with E-state index in [0.29, 0.717) is 42.5 Å². The van der Waals surface area contributed by atoms with Crippen molar-refractivity contribution in [2.75, 3.05) is 18.1 Å². The number of halogens is 2. The second kappa shape index (κ2) is 10.1. The number of ether oxygens (including phenoxy) is 1. The van der Waals surface area contributed by atoms with E-state index in [1.807, 2.05) is 18.7 Å². The number of pyridine rings is 1. The monoisotopic (exact) mass is 587 g/mol. The molecule has 12 heteroatoms. The number of aromatic nitrogens is 3. The molecule has 1 aromatic carbocycles. The smallest absolute Gasteiger partial charge is 0.268 e. The third-order valence-electron chi connectivity index (χ3n) is 8.12. The first-order valence-electron chi connectivity index (χ1n) is 13.6. The van der Waals surface area contributed by atoms with E-state index in [1.54, 1.807) is 43.5 Å². The number of nitrogens with zero attached hydrogens (tertiary/aromatic N) is 4. The highest BCUT2D eigenvalue weighted by atomic mass is 32.2. The zero-order valence-corrected chi connectivity index (χ0v) is 24.6. The molecule has 1 aliphatic heterocycles. The highest BCUT2D eigenvalue weighted by Crippen LogP contribution is 2.56. The summed E-state index contributed by atoms with van der Waals surface area (Å²) in [5.74, 6) is -2.43. The summed E-state index contributed by atoms with van der Waals surface area (Å²) in [5, 5.41) is 4.37. The van der Waals surface area contributed by atoms with Crippen LogP contribution in [0, 0.1) is 18.3 Å². The molecule has 1 saturated carbocycles. The number of alkyl halides is 2. The maximum absolute atomic E-state index is 13.9. The van der Waals surface area contributed by atoms with Crippen LogP contribution in [0.3, 0.4) is 0 Å². The second-order valence-electron chi connectivity index (χ2n) is 12.0. The molecule has 9 nitrogen and oxygen atoms in total. The van der Waals surface area contributed by atoms with Crippen LogP contribution in [0.1, 0.15) is 62.9 Å². The topological polar surface area (TPSA) is 106 Å². The Kier molecular flexibility index (Phi) is 7.12. The Balaban J connectivity index is 1.45. The number of sulfonamides is 1. The Labute approximate surface area is 239 Å². The number of hydrogen-bond acceptors (Lipinski definition) is 7. The molecule has 220 valence electrons. The molecule has 0 unspecified atom stereocenters. The molecule has 0 radical (unpaired) electrons. The van der Waals surface area contributed by atoms with Crippen LogP contribution in [-0.2, 0) is 10.0 Å². The maximum atomic E-state index is 13.9. The van der Waals surface area contributed by atoms with Gasteiger partial charge in [-0.15, -0.1) is 5.10 Å². The highest BCUT2D eigenvalue weighted by molar-refractivity contribution is 7.90. The minimum Gasteiger partial charge on any atom is -0.476 e. The minimum atomic E-state index is -4.13. The van der Waals surface area contributed by atoms with Crippen LogP contribution < -0.4 is 14.4 Å². The van der Waals surface area contributed by atoms with Gasteiger partial charge in [0.1, 0.15) is 12.4 Å². The molecule has 1 N–H and O–H groups in total. The first-order chi connectivity index (χ1) is 19.1. The van der Waals surface area contributed by atoms with Gasteiger partial charge >= 0.3 is 0 Å². The van der Waals surface area contributed by atoms with Gasteiger partial charge in [0.25, 0.3) is 21.9 Å². The van der Waals surface area contributed by atoms with Crippen LogP contribution in [0.4, 0.5) is 14.6 Å². The lowest BCUT2D eigenvalue weighted by Gasteiger charge is -2.34. The molecule has 2 aliphatic rings. The van der Waals surface area contributed by atoms with Crippen molar-refractivity contribution in [2.24, 2.45) is 11.3 Å². The van der Waals surface area contributed by atoms with Gasteiger partial charge in [-0.3, -0.25) is 4.79 Å². The average Bonchev–Trinajstić information content (AvgIpc) is 3.45. The van der Waals surface area contributed by atoms with Crippen LogP contribution in [0.15, 0.2) is 53.6 Å². The maximum Gasteiger partial charge on any atom is 0.268 e. The van der Waals surface area contributed by atoms with Crippen molar-refractivity contribution in [2.45, 2.75) is 70.2 Å². The van der Waals surface area contributed by atoms with Crippen molar-refractivity contribution in [1.82, 2.24) is 19.5 Å². The van der Waals surface area contributed by atoms with Gasteiger partial charge in [0.05, 0.1) is 15.9 Å². The van der Waals surface area contributed by atoms with Crippen LogP contribution in [0.5, 0.6) is 5.88 Å². The summed E-state index contributed by atoms with van der Waals surface area (Å²) in [5.41, 5.74) is -0.883. The SMILES string of the molecule is Cc1ccccc1S(=O)(=O)NC(=O)c1ccc(-n2ccc(OCC3(C(C)(F)F)CC3)n2)nc1N1C[C@@H](C)CC1(C)C. The summed E-state index contributed by atoms with van der Waals surface area (Å²) in [4.78, 5) is 20.3. The molecular formula is C29H35F2N5O4S. The summed E-state index contributed by atoms with van der Waals surface area (Å²) in [6.45, 7) is 9.27. The van der Waals surface area contributed by atoms with E-state index in [1.165, 1.54) is 16.8 Å². The molecule has 1 amide bonds. The van der Waals surface area contributed by atoms with Crippen molar-refractivity contribution in [3.8, 4) is 11.7 Å². The van der Waals surface area contributed by atoms with Crippen LogP contribution in [0.25, 0.3) is 5.82 Å². The first kappa shape index (κ1) is 29.0. The molecule has 41 heavy (non-hydrogen) atoms. The van der Waals surface area contributed by atoms with Gasteiger partial charge in [0, 0.05) is 31.3 Å². The van der Waals surface area contributed by atoms with Crippen molar-refractivity contribution >= 4 is 21.7 Å². The van der Waals surface area contributed by atoms with E-state index in [0.717, 1.165) is 13.3 Å². The predicted octanol–water partition coefficient (Wildman–Crippen LogP) is 5.13. The predicted molar refractivity (Wildman–Crippen MR) is 150 cm³/mol. The summed E-state index contributed by atoms with van der Waals surface area (Å²) >= 11 is 0. The lowest BCUT2D eigenvalue weighted by molar-refractivity contribution is -0.0712. The standard InChI is InChI=1S/C29H35F2N5O4S/c1-19-16-27(3,4)35(17-19)25-21(26(37)34-41(38,39)22-9-7-6-8-20(22)2)10-11-23(32-25)36-15-12-24(33-36)40-18-29(13-14-29)28(5,30)31/h6-12,15,19H,13-14,16-18H2,1-5H3,(H,34,37)/t19-/m0/s1. The zero-order valence-electron chi connectivity index (χ0n) is 23.8. The molecule has 0 bridgehead atoms. The number of hydrogen-bond donors (Lipinski definition) is 1. The molecule has 2 fully saturated rings. The van der Waals surface area contributed by atoms with Gasteiger partial charge in [-0.1, -0.05) is 25.1 Å². The highest BCUT2D eigenvalue weighted by Gasteiger charge is 2.59. The molecular weight excluding hydrogens is 552 g/mol. The van der Waals surface area contributed by atoms with E-state index >= 15 is 0 Å². The number of anilines is 1. The summed E-state index contributed by atoms with van der Waals surface area (Å²) in [6, 6.07) is 11.1. The normalized spacial score (nSPS) is 19.7. The van der Waals surface area contributed by atoms with Gasteiger partial charge in [-0.25, -0.2) is 31.6 Å². The van der Waals surface area contributed by atoms with Crippen molar-refractivity contribution in [3.63, 3.8) is 0 Å². The molecule has 1 atom stereocenters. The number of amides is 1. The molecule has 2 aromatic heterocycles. The molecule has 3 heterocycles. The van der Waals surface area contributed by atoms with Gasteiger partial charge in [-0.05, 0) is 69.7 Å². The van der Waals surface area contributed by atoms with Crippen molar-refractivity contribution in [3.05, 3.63) is 59.8 Å². The molecule has 1 aliphatic carbocycles. The fraction of sp³-hybridized carbons (Fsp3) is 0.483. The summed E-state index contributed by atoms with van der Waals surface area (Å²) < 4.78 is 63.4. The van der Waals surface area contributed by atoms with E-state index < -0.39 is 27.3 Å². The van der Waals surface area contributed by atoms with Gasteiger partial charge in [-0.2, -0.15) is 0 Å².